The van der Waals surface area contributed by atoms with E-state index in [1.165, 1.54) is 0 Å². The minimum Gasteiger partial charge on any atom is -0.495 e. The number of oxime groups is 1. The molecule has 5 heterocycles. The first-order chi connectivity index (χ1) is 30.2. The molecule has 2 aliphatic carbocycles. The van der Waals surface area contributed by atoms with Crippen LogP contribution in [0.25, 0.3) is 33.6 Å². The Morgan fingerprint density at radius 2 is 1.13 bits per heavy atom. The Bertz CT molecular complexity index is 2640. The molecule has 62 heavy (non-hydrogen) atoms. The number of methoxy groups -OCH3 is 2. The fraction of sp³-hybridized carbons (Fsp3) is 0.283. The number of pyridine rings is 2. The second kappa shape index (κ2) is 18.4. The van der Waals surface area contributed by atoms with Crippen LogP contribution in [-0.2, 0) is 0 Å². The quantitative estimate of drug-likeness (QED) is 0.0469. The van der Waals surface area contributed by atoms with Gasteiger partial charge in [-0.2, -0.15) is 15.0 Å². The predicted molar refractivity (Wildman–Crippen MR) is 229 cm³/mol. The largest absolute Gasteiger partial charge is 0.495 e. The Morgan fingerprint density at radius 1 is 0.645 bits per heavy atom. The topological polar surface area (TPSA) is 212 Å². The molecule has 0 bridgehead atoms. The smallest absolute Gasteiger partial charge is 0.224 e. The summed E-state index contributed by atoms with van der Waals surface area (Å²) >= 11 is 0. The van der Waals surface area contributed by atoms with E-state index < -0.39 is 0 Å². The first-order valence-electron chi connectivity index (χ1n) is 20.1. The van der Waals surface area contributed by atoms with Gasteiger partial charge in [0, 0.05) is 65.5 Å². The van der Waals surface area contributed by atoms with Crippen molar-refractivity contribution in [1.82, 2.24) is 40.0 Å². The first-order valence-corrected chi connectivity index (χ1v) is 20.1. The van der Waals surface area contributed by atoms with Crippen LogP contribution in [0.4, 0.5) is 0 Å². The average Bonchev–Trinajstić information content (AvgIpc) is 4.23. The number of nitrogens with zero attached hydrogens (tertiary/aromatic N) is 9. The number of aromatic nitrogens is 8. The van der Waals surface area contributed by atoms with Crippen LogP contribution < -0.4 is 24.7 Å². The standard InChI is InChI=1S/C24H23N5O3.C22H23N5O3/c1-14-25-12-21(16-4-6-17(7-5-16)23-28-15(2)32-29-23)24(27-14)31-13-18-10-20(18)22-9-8-19(30-3)11-26-22;1-13-24-11-19(14-3-5-15(6-4-14)21(23)27-28)22(26-13)30-12-16-9-18(16)20-8-7-17(29-2)10-25-20/h4-9,11-12,18,20H,10,13H2,1-3H3;3-8,10-11,16,18,28H,9,12H2,1-2H3,(H2,23,27)/t18-,20+;16-,18+/m11/s1. The van der Waals surface area contributed by atoms with Crippen molar-refractivity contribution in [3.8, 4) is 56.9 Å². The summed E-state index contributed by atoms with van der Waals surface area (Å²) in [6, 6.07) is 23.1. The molecule has 0 spiro atoms. The summed E-state index contributed by atoms with van der Waals surface area (Å²) in [6.07, 6.45) is 9.16. The van der Waals surface area contributed by atoms with Crippen molar-refractivity contribution in [1.29, 1.82) is 0 Å². The van der Waals surface area contributed by atoms with Gasteiger partial charge in [0.05, 0.1) is 51.0 Å². The number of ether oxygens (including phenoxy) is 4. The number of hydrogen-bond acceptors (Lipinski definition) is 15. The second-order valence-corrected chi connectivity index (χ2v) is 15.1. The van der Waals surface area contributed by atoms with Crippen LogP contribution in [0.15, 0.2) is 107 Å². The molecule has 5 aromatic heterocycles. The Kier molecular flexibility index (Phi) is 12.3. The van der Waals surface area contributed by atoms with Gasteiger partial charge in [0.1, 0.15) is 23.1 Å². The molecule has 16 heteroatoms. The van der Waals surface area contributed by atoms with Gasteiger partial charge in [0.25, 0.3) is 0 Å². The molecule has 0 radical (unpaired) electrons. The molecule has 0 aliphatic heterocycles. The highest BCUT2D eigenvalue weighted by Gasteiger charge is 2.41. The number of rotatable bonds is 14. The van der Waals surface area contributed by atoms with Gasteiger partial charge in [0.2, 0.25) is 23.5 Å². The summed E-state index contributed by atoms with van der Waals surface area (Å²) in [4.78, 5) is 31.0. The zero-order chi connectivity index (χ0) is 43.2. The number of amidine groups is 1. The molecule has 9 rings (SSSR count). The van der Waals surface area contributed by atoms with Crippen LogP contribution in [0.3, 0.4) is 0 Å². The molecule has 0 unspecified atom stereocenters. The van der Waals surface area contributed by atoms with E-state index in [4.69, 9.17) is 34.4 Å². The van der Waals surface area contributed by atoms with Crippen LogP contribution in [0, 0.1) is 32.6 Å². The third kappa shape index (κ3) is 9.75. The van der Waals surface area contributed by atoms with Crippen molar-refractivity contribution in [2.75, 3.05) is 27.4 Å². The summed E-state index contributed by atoms with van der Waals surface area (Å²) < 4.78 is 27.7. The maximum absolute atomic E-state index is 8.82. The number of benzene rings is 2. The number of nitrogens with two attached hydrogens (primary N) is 1. The highest BCUT2D eigenvalue weighted by atomic mass is 16.5. The molecule has 16 nitrogen and oxygen atoms in total. The summed E-state index contributed by atoms with van der Waals surface area (Å²) in [7, 11) is 3.28. The van der Waals surface area contributed by atoms with Gasteiger partial charge in [-0.05, 0) is 62.1 Å². The third-order valence-electron chi connectivity index (χ3n) is 10.8. The van der Waals surface area contributed by atoms with Gasteiger partial charge in [-0.1, -0.05) is 58.8 Å². The van der Waals surface area contributed by atoms with Crippen LogP contribution >= 0.6 is 0 Å². The first kappa shape index (κ1) is 41.3. The van der Waals surface area contributed by atoms with E-state index in [9.17, 15) is 0 Å². The minimum absolute atomic E-state index is 0.0603. The highest BCUT2D eigenvalue weighted by Crippen LogP contribution is 2.48. The lowest BCUT2D eigenvalue weighted by atomic mass is 10.1. The average molecular weight is 835 g/mol. The van der Waals surface area contributed by atoms with Crippen molar-refractivity contribution in [3.05, 3.63) is 132 Å². The van der Waals surface area contributed by atoms with Crippen LogP contribution in [0.5, 0.6) is 23.3 Å². The molecule has 3 N–H and O–H groups in total. The van der Waals surface area contributed by atoms with Gasteiger partial charge in [-0.3, -0.25) is 9.97 Å². The van der Waals surface area contributed by atoms with E-state index in [0.717, 1.165) is 63.5 Å². The number of hydrogen-bond donors (Lipinski definition) is 2. The fourth-order valence-corrected chi connectivity index (χ4v) is 7.03. The van der Waals surface area contributed by atoms with E-state index >= 15 is 0 Å². The second-order valence-electron chi connectivity index (χ2n) is 15.1. The monoisotopic (exact) mass is 834 g/mol. The Labute approximate surface area is 358 Å². The molecule has 4 atom stereocenters. The van der Waals surface area contributed by atoms with Gasteiger partial charge in [-0.15, -0.1) is 0 Å². The lowest BCUT2D eigenvalue weighted by Gasteiger charge is -2.11. The minimum atomic E-state index is 0.0603. The van der Waals surface area contributed by atoms with Crippen LogP contribution in [0.2, 0.25) is 0 Å². The van der Waals surface area contributed by atoms with Crippen molar-refractivity contribution in [2.24, 2.45) is 22.7 Å². The van der Waals surface area contributed by atoms with E-state index in [0.29, 0.717) is 77.6 Å². The Morgan fingerprint density at radius 3 is 1.55 bits per heavy atom. The van der Waals surface area contributed by atoms with Gasteiger partial charge in [0.15, 0.2) is 5.84 Å². The van der Waals surface area contributed by atoms with Gasteiger partial charge < -0.3 is 34.4 Å². The molecule has 316 valence electrons. The Hall–Kier alpha value is -7.49. The summed E-state index contributed by atoms with van der Waals surface area (Å²) in [5.74, 6) is 6.76. The molecule has 0 saturated heterocycles. The highest BCUT2D eigenvalue weighted by molar-refractivity contribution is 5.97. The molecular weight excluding hydrogens is 789 g/mol. The van der Waals surface area contributed by atoms with Crippen molar-refractivity contribution in [2.45, 2.75) is 45.4 Å². The maximum Gasteiger partial charge on any atom is 0.224 e. The van der Waals surface area contributed by atoms with E-state index in [1.54, 1.807) is 58.1 Å². The molecule has 2 fully saturated rings. The summed E-state index contributed by atoms with van der Waals surface area (Å²) in [6.45, 7) is 6.61. The fourth-order valence-electron chi connectivity index (χ4n) is 7.03. The van der Waals surface area contributed by atoms with Gasteiger partial charge in [-0.25, -0.2) is 9.97 Å². The SMILES string of the molecule is COc1ccc([C@H]2C[C@@H]2COc2nc(C)ncc2-c2ccc(-c3noc(C)n3)cc2)nc1.COc1ccc([C@H]2C[C@@H]2COc2nc(C)ncc2-c2ccc(/C(N)=N/O)cc2)nc1. The zero-order valence-corrected chi connectivity index (χ0v) is 35.0. The molecule has 0 amide bonds. The molecule has 7 aromatic rings. The molecule has 2 aliphatic rings. The lowest BCUT2D eigenvalue weighted by Crippen LogP contribution is -2.12. The van der Waals surface area contributed by atoms with E-state index in [1.807, 2.05) is 74.5 Å². The zero-order valence-electron chi connectivity index (χ0n) is 35.0. The van der Waals surface area contributed by atoms with Crippen molar-refractivity contribution < 1.29 is 28.7 Å². The number of aryl methyl sites for hydroxylation is 3. The maximum atomic E-state index is 8.82. The normalized spacial score (nSPS) is 17.7. The molecule has 2 aromatic carbocycles. The van der Waals surface area contributed by atoms with E-state index in [2.05, 4.69) is 45.2 Å². The van der Waals surface area contributed by atoms with Crippen LogP contribution in [0.1, 0.15) is 59.2 Å². The van der Waals surface area contributed by atoms with Crippen molar-refractivity contribution in [3.63, 3.8) is 0 Å². The summed E-state index contributed by atoms with van der Waals surface area (Å²) in [5.41, 5.74) is 12.8. The van der Waals surface area contributed by atoms with Crippen molar-refractivity contribution >= 4 is 5.84 Å². The predicted octanol–water partition coefficient (Wildman–Crippen LogP) is 7.53. The molecular formula is C46H46N10O6. The lowest BCUT2D eigenvalue weighted by molar-refractivity contribution is 0.285. The van der Waals surface area contributed by atoms with Crippen LogP contribution in [-0.4, -0.2) is 78.5 Å². The van der Waals surface area contributed by atoms with E-state index in [-0.39, 0.29) is 5.84 Å². The van der Waals surface area contributed by atoms with Gasteiger partial charge >= 0.3 is 0 Å². The third-order valence-corrected chi connectivity index (χ3v) is 10.8. The summed E-state index contributed by atoms with van der Waals surface area (Å²) in [5, 5.41) is 15.8. The molecule has 2 saturated carbocycles. The Balaban J connectivity index is 0.000000171.